The van der Waals surface area contributed by atoms with E-state index in [4.69, 9.17) is 28.2 Å². The number of thioether (sulfide) groups is 1. The summed E-state index contributed by atoms with van der Waals surface area (Å²) in [5.41, 5.74) is 0.687. The Morgan fingerprint density at radius 1 is 1.06 bits per heavy atom. The van der Waals surface area contributed by atoms with Gasteiger partial charge in [0.25, 0.3) is 0 Å². The van der Waals surface area contributed by atoms with Crippen molar-refractivity contribution in [2.24, 2.45) is 0 Å². The van der Waals surface area contributed by atoms with E-state index < -0.39 is 22.5 Å². The van der Waals surface area contributed by atoms with Crippen LogP contribution in [0.1, 0.15) is 17.7 Å². The van der Waals surface area contributed by atoms with Crippen LogP contribution in [0.15, 0.2) is 82.4 Å². The molecule has 10 heteroatoms. The van der Waals surface area contributed by atoms with Crippen LogP contribution in [0.4, 0.5) is 15.9 Å². The molecule has 2 aromatic carbocycles. The van der Waals surface area contributed by atoms with Crippen molar-refractivity contribution in [3.8, 4) is 0 Å². The van der Waals surface area contributed by atoms with Crippen LogP contribution in [0, 0.1) is 5.82 Å². The number of nitrogens with one attached hydrogen (secondary N) is 2. The highest BCUT2D eigenvalue weighted by Gasteiger charge is 2.48. The van der Waals surface area contributed by atoms with Gasteiger partial charge in [0.2, 0.25) is 5.91 Å². The van der Waals surface area contributed by atoms with E-state index in [0.29, 0.717) is 27.1 Å². The summed E-state index contributed by atoms with van der Waals surface area (Å²) in [5, 5.41) is 9.53. The fourth-order valence-corrected chi connectivity index (χ4v) is 6.21. The van der Waals surface area contributed by atoms with Gasteiger partial charge in [-0.3, -0.25) is 9.59 Å². The minimum atomic E-state index is -1.14. The molecule has 36 heavy (non-hydrogen) atoms. The molecule has 3 heterocycles. The minimum Gasteiger partial charge on any atom is -0.340 e. The number of halogens is 3. The van der Waals surface area contributed by atoms with E-state index in [9.17, 15) is 14.0 Å². The van der Waals surface area contributed by atoms with E-state index in [2.05, 4.69) is 10.6 Å². The SMILES string of the molecule is O=C1CC(c2ccsc2)(c2cccc(Nc3ccc(F)c(Cl)c3)n2)NC(=O)C1Sc1ccccc1Cl. The molecule has 1 aliphatic heterocycles. The molecule has 1 saturated heterocycles. The number of ketones is 1. The summed E-state index contributed by atoms with van der Waals surface area (Å²) >= 11 is 14.8. The lowest BCUT2D eigenvalue weighted by atomic mass is 9.79. The van der Waals surface area contributed by atoms with Gasteiger partial charge in [0.05, 0.1) is 15.7 Å². The normalized spacial score (nSPS) is 19.7. The average molecular weight is 558 g/mol. The number of carbonyl (C=O) groups excluding carboxylic acids is 2. The van der Waals surface area contributed by atoms with Crippen LogP contribution in [0.2, 0.25) is 10.0 Å². The largest absolute Gasteiger partial charge is 0.340 e. The smallest absolute Gasteiger partial charge is 0.242 e. The molecular formula is C26H18Cl2FN3O2S2. The molecule has 1 amide bonds. The number of pyridine rings is 1. The lowest BCUT2D eigenvalue weighted by Gasteiger charge is -2.39. The van der Waals surface area contributed by atoms with Gasteiger partial charge in [0.1, 0.15) is 22.4 Å². The molecule has 0 aliphatic carbocycles. The lowest BCUT2D eigenvalue weighted by molar-refractivity contribution is -0.133. The van der Waals surface area contributed by atoms with Crippen LogP contribution < -0.4 is 10.6 Å². The number of carbonyl (C=O) groups is 2. The quantitative estimate of drug-likeness (QED) is 0.254. The van der Waals surface area contributed by atoms with Crippen LogP contribution >= 0.6 is 46.3 Å². The second-order valence-corrected chi connectivity index (χ2v) is 10.9. The third kappa shape index (κ3) is 4.86. The molecule has 182 valence electrons. The van der Waals surface area contributed by atoms with Gasteiger partial charge in [0, 0.05) is 17.0 Å². The third-order valence-electron chi connectivity index (χ3n) is 5.78. The number of amides is 1. The molecule has 2 N–H and O–H groups in total. The van der Waals surface area contributed by atoms with Gasteiger partial charge in [-0.25, -0.2) is 9.37 Å². The van der Waals surface area contributed by atoms with Gasteiger partial charge in [0.15, 0.2) is 5.78 Å². The molecule has 5 rings (SSSR count). The van der Waals surface area contributed by atoms with Gasteiger partial charge in [-0.05, 0) is 64.9 Å². The Bertz CT molecular complexity index is 1430. The van der Waals surface area contributed by atoms with Crippen LogP contribution in [-0.4, -0.2) is 21.9 Å². The first kappa shape index (κ1) is 24.8. The number of aromatic nitrogens is 1. The Hall–Kier alpha value is -2.91. The predicted octanol–water partition coefficient (Wildman–Crippen LogP) is 6.83. The maximum atomic E-state index is 13.6. The summed E-state index contributed by atoms with van der Waals surface area (Å²) in [6.45, 7) is 0. The molecule has 0 spiro atoms. The number of benzene rings is 2. The highest BCUT2D eigenvalue weighted by Crippen LogP contribution is 2.41. The Kier molecular flexibility index (Phi) is 7.03. The minimum absolute atomic E-state index is 0.0156. The number of rotatable bonds is 6. The van der Waals surface area contributed by atoms with E-state index in [1.165, 1.54) is 23.5 Å². The number of nitrogens with zero attached hydrogens (tertiary/aromatic N) is 1. The number of hydrogen-bond donors (Lipinski definition) is 2. The first-order valence-corrected chi connectivity index (χ1v) is 13.4. The molecule has 0 bridgehead atoms. The Labute approximate surface area is 225 Å². The molecule has 4 aromatic rings. The Balaban J connectivity index is 1.48. The first-order valence-electron chi connectivity index (χ1n) is 10.8. The molecule has 2 unspecified atom stereocenters. The molecule has 1 fully saturated rings. The monoisotopic (exact) mass is 557 g/mol. The van der Waals surface area contributed by atoms with Gasteiger partial charge in [-0.1, -0.05) is 41.4 Å². The summed E-state index contributed by atoms with van der Waals surface area (Å²) in [4.78, 5) is 32.2. The van der Waals surface area contributed by atoms with E-state index >= 15 is 0 Å². The van der Waals surface area contributed by atoms with Crippen LogP contribution in [0.5, 0.6) is 0 Å². The number of piperidine rings is 1. The van der Waals surface area contributed by atoms with E-state index in [1.54, 1.807) is 42.5 Å². The zero-order chi connectivity index (χ0) is 25.3. The summed E-state index contributed by atoms with van der Waals surface area (Å²) in [6.07, 6.45) is 0.0242. The topological polar surface area (TPSA) is 71.1 Å². The number of Topliss-reactive ketones (excluding diaryl/α,β-unsaturated/α-hetero) is 1. The van der Waals surface area contributed by atoms with Crippen LogP contribution in [-0.2, 0) is 15.1 Å². The van der Waals surface area contributed by atoms with Gasteiger partial charge < -0.3 is 10.6 Å². The van der Waals surface area contributed by atoms with Gasteiger partial charge in [-0.15, -0.1) is 11.8 Å². The van der Waals surface area contributed by atoms with Crippen LogP contribution in [0.3, 0.4) is 0 Å². The molecule has 0 radical (unpaired) electrons. The van der Waals surface area contributed by atoms with Crippen molar-refractivity contribution < 1.29 is 14.0 Å². The molecule has 2 aromatic heterocycles. The zero-order valence-electron chi connectivity index (χ0n) is 18.5. The van der Waals surface area contributed by atoms with Crippen molar-refractivity contribution >= 4 is 69.5 Å². The summed E-state index contributed by atoms with van der Waals surface area (Å²) < 4.78 is 13.6. The highest BCUT2D eigenvalue weighted by atomic mass is 35.5. The molecule has 2 atom stereocenters. The van der Waals surface area contributed by atoms with E-state index in [-0.39, 0.29) is 17.2 Å². The standard InChI is InChI=1S/C26H18Cl2FN3O2S2/c27-17-4-1-2-5-21(17)36-24-20(33)13-26(32-25(24)34,15-10-11-35-14-15)22-6-3-7-23(31-22)30-16-8-9-19(29)18(28)12-16/h1-12,14,24H,13H2,(H,30,31)(H,32,34). The fourth-order valence-electron chi connectivity index (χ4n) is 4.05. The number of anilines is 2. The maximum absolute atomic E-state index is 13.6. The lowest BCUT2D eigenvalue weighted by Crippen LogP contribution is -2.58. The maximum Gasteiger partial charge on any atom is 0.242 e. The van der Waals surface area contributed by atoms with Crippen molar-refractivity contribution in [3.63, 3.8) is 0 Å². The molecule has 0 saturated carbocycles. The summed E-state index contributed by atoms with van der Waals surface area (Å²) in [6, 6.07) is 18.6. The van der Waals surface area contributed by atoms with Crippen molar-refractivity contribution in [1.82, 2.24) is 10.3 Å². The van der Waals surface area contributed by atoms with Gasteiger partial charge in [-0.2, -0.15) is 11.3 Å². The highest BCUT2D eigenvalue weighted by molar-refractivity contribution is 8.01. The van der Waals surface area contributed by atoms with Crippen molar-refractivity contribution in [2.75, 3.05) is 5.32 Å². The van der Waals surface area contributed by atoms with Crippen LogP contribution in [0.25, 0.3) is 0 Å². The van der Waals surface area contributed by atoms with Crippen molar-refractivity contribution in [1.29, 1.82) is 0 Å². The second kappa shape index (κ2) is 10.2. The second-order valence-electron chi connectivity index (χ2n) is 8.14. The zero-order valence-corrected chi connectivity index (χ0v) is 21.6. The van der Waals surface area contributed by atoms with Crippen molar-refractivity contribution in [2.45, 2.75) is 22.1 Å². The number of hydrogen-bond acceptors (Lipinski definition) is 6. The Morgan fingerprint density at radius 2 is 1.89 bits per heavy atom. The van der Waals surface area contributed by atoms with Gasteiger partial charge >= 0.3 is 0 Å². The number of thiophene rings is 1. The average Bonchev–Trinajstić information content (AvgIpc) is 3.41. The van der Waals surface area contributed by atoms with E-state index in [1.807, 2.05) is 22.9 Å². The molecular weight excluding hydrogens is 540 g/mol. The fraction of sp³-hybridized carbons (Fsp3) is 0.115. The third-order valence-corrected chi connectivity index (χ3v) is 8.52. The summed E-state index contributed by atoms with van der Waals surface area (Å²) in [7, 11) is 0. The summed E-state index contributed by atoms with van der Waals surface area (Å²) in [5.74, 6) is -0.694. The molecule has 5 nitrogen and oxygen atoms in total. The first-order chi connectivity index (χ1) is 17.4. The van der Waals surface area contributed by atoms with E-state index in [0.717, 1.165) is 17.3 Å². The Morgan fingerprint density at radius 3 is 2.61 bits per heavy atom. The predicted molar refractivity (Wildman–Crippen MR) is 143 cm³/mol. The van der Waals surface area contributed by atoms with Crippen molar-refractivity contribution in [3.05, 3.63) is 105 Å². The molecule has 1 aliphatic rings.